The van der Waals surface area contributed by atoms with Crippen molar-refractivity contribution in [3.63, 3.8) is 0 Å². The lowest BCUT2D eigenvalue weighted by Gasteiger charge is -2.24. The second-order valence-corrected chi connectivity index (χ2v) is 10.9. The maximum Gasteiger partial charge on any atom is 0.251 e. The van der Waals surface area contributed by atoms with Crippen molar-refractivity contribution in [1.82, 2.24) is 9.62 Å². The highest BCUT2D eigenvalue weighted by atomic mass is 32.2. The summed E-state index contributed by atoms with van der Waals surface area (Å²) in [5.41, 5.74) is 2.57. The minimum atomic E-state index is -3.72. The summed E-state index contributed by atoms with van der Waals surface area (Å²) < 4.78 is 33.0. The van der Waals surface area contributed by atoms with E-state index >= 15 is 0 Å². The van der Waals surface area contributed by atoms with Crippen LogP contribution in [0.5, 0.6) is 5.75 Å². The van der Waals surface area contributed by atoms with Gasteiger partial charge in [0.1, 0.15) is 10.6 Å². The Kier molecular flexibility index (Phi) is 7.62. The van der Waals surface area contributed by atoms with E-state index in [9.17, 15) is 13.2 Å². The van der Waals surface area contributed by atoms with Gasteiger partial charge in [0.2, 0.25) is 10.0 Å². The van der Waals surface area contributed by atoms with Crippen molar-refractivity contribution < 1.29 is 17.9 Å². The van der Waals surface area contributed by atoms with Crippen molar-refractivity contribution >= 4 is 15.9 Å². The predicted molar refractivity (Wildman–Crippen MR) is 127 cm³/mol. The van der Waals surface area contributed by atoms with Gasteiger partial charge in [-0.2, -0.15) is 4.31 Å². The molecule has 2 aromatic rings. The van der Waals surface area contributed by atoms with Crippen molar-refractivity contribution in [2.24, 2.45) is 5.92 Å². The number of carbonyl (C=O) groups is 1. The number of carbonyl (C=O) groups excluding carboxylic acids is 1. The van der Waals surface area contributed by atoms with Crippen LogP contribution in [0, 0.1) is 5.92 Å². The molecule has 1 atom stereocenters. The van der Waals surface area contributed by atoms with Gasteiger partial charge < -0.3 is 10.1 Å². The maximum absolute atomic E-state index is 13.1. The molecule has 1 aliphatic rings. The van der Waals surface area contributed by atoms with Crippen LogP contribution in [0.4, 0.5) is 0 Å². The van der Waals surface area contributed by atoms with E-state index in [4.69, 9.17) is 4.74 Å². The number of amides is 1. The van der Waals surface area contributed by atoms with Gasteiger partial charge >= 0.3 is 0 Å². The molecule has 0 aliphatic carbocycles. The third-order valence-electron chi connectivity index (χ3n) is 6.02. The Morgan fingerprint density at radius 1 is 0.969 bits per heavy atom. The highest BCUT2D eigenvalue weighted by molar-refractivity contribution is 7.89. The Morgan fingerprint density at radius 3 is 2.09 bits per heavy atom. The molecule has 7 heteroatoms. The Morgan fingerprint density at radius 2 is 1.56 bits per heavy atom. The molecule has 1 amide bonds. The molecule has 1 fully saturated rings. The van der Waals surface area contributed by atoms with Crippen molar-refractivity contribution in [3.05, 3.63) is 59.2 Å². The third-order valence-corrected chi connectivity index (χ3v) is 7.94. The number of methoxy groups -OCH3 is 1. The summed E-state index contributed by atoms with van der Waals surface area (Å²) in [6, 6.07) is 12.7. The number of nitrogens with zero attached hydrogens (tertiary/aromatic N) is 1. The molecule has 1 saturated heterocycles. The quantitative estimate of drug-likeness (QED) is 0.620. The average Bonchev–Trinajstić information content (AvgIpc) is 3.32. The molecule has 1 unspecified atom stereocenters. The van der Waals surface area contributed by atoms with E-state index in [2.05, 4.69) is 57.3 Å². The lowest BCUT2D eigenvalue weighted by Crippen LogP contribution is -2.32. The Bertz CT molecular complexity index is 1040. The van der Waals surface area contributed by atoms with Crippen LogP contribution in [0.1, 0.15) is 74.0 Å². The summed E-state index contributed by atoms with van der Waals surface area (Å²) in [6.07, 6.45) is 1.68. The normalized spacial score (nSPS) is 15.8. The van der Waals surface area contributed by atoms with Crippen LogP contribution in [0.3, 0.4) is 0 Å². The minimum absolute atomic E-state index is 0.0388. The van der Waals surface area contributed by atoms with Gasteiger partial charge in [-0.15, -0.1) is 0 Å². The van der Waals surface area contributed by atoms with Gasteiger partial charge in [0.05, 0.1) is 13.2 Å². The van der Waals surface area contributed by atoms with Crippen molar-refractivity contribution in [2.75, 3.05) is 20.2 Å². The molecular formula is C25H34N2O4S. The van der Waals surface area contributed by atoms with E-state index in [-0.39, 0.29) is 28.5 Å². The standard InChI is InChI=1S/C25H34N2O4S/c1-17(2)19-8-10-20(11-9-19)24(18(3)4)26-25(28)21-12-13-22(31-5)23(16-21)32(29,30)27-14-6-7-15-27/h8-13,16-18,24H,6-7,14-15H2,1-5H3,(H,26,28). The van der Waals surface area contributed by atoms with E-state index in [0.717, 1.165) is 18.4 Å². The van der Waals surface area contributed by atoms with E-state index in [1.807, 2.05) is 0 Å². The van der Waals surface area contributed by atoms with Gasteiger partial charge in [0, 0.05) is 18.7 Å². The van der Waals surface area contributed by atoms with E-state index < -0.39 is 10.0 Å². The molecule has 2 aromatic carbocycles. The molecular weight excluding hydrogens is 424 g/mol. The maximum atomic E-state index is 13.1. The topological polar surface area (TPSA) is 75.7 Å². The van der Waals surface area contributed by atoms with E-state index in [0.29, 0.717) is 24.6 Å². The Balaban J connectivity index is 1.89. The highest BCUT2D eigenvalue weighted by Crippen LogP contribution is 2.30. The molecule has 174 valence electrons. The predicted octanol–water partition coefficient (Wildman–Crippen LogP) is 4.73. The Hall–Kier alpha value is -2.38. The summed E-state index contributed by atoms with van der Waals surface area (Å²) in [6.45, 7) is 9.38. The molecule has 0 bridgehead atoms. The average molecular weight is 459 g/mol. The smallest absolute Gasteiger partial charge is 0.251 e. The van der Waals surface area contributed by atoms with Crippen molar-refractivity contribution in [2.45, 2.75) is 57.4 Å². The first kappa shape index (κ1) is 24.3. The minimum Gasteiger partial charge on any atom is -0.495 e. The number of ether oxygens (including phenoxy) is 1. The molecule has 0 saturated carbocycles. The summed E-state index contributed by atoms with van der Waals surface area (Å²) in [7, 11) is -2.28. The van der Waals surface area contributed by atoms with Gasteiger partial charge in [-0.3, -0.25) is 4.79 Å². The molecule has 32 heavy (non-hydrogen) atoms. The largest absolute Gasteiger partial charge is 0.495 e. The molecule has 3 rings (SSSR count). The lowest BCUT2D eigenvalue weighted by molar-refractivity contribution is 0.0925. The van der Waals surface area contributed by atoms with Crippen LogP contribution < -0.4 is 10.1 Å². The third kappa shape index (κ3) is 5.15. The van der Waals surface area contributed by atoms with Gasteiger partial charge in [-0.05, 0) is 54.0 Å². The number of nitrogens with one attached hydrogen (secondary N) is 1. The van der Waals surface area contributed by atoms with Crippen molar-refractivity contribution in [1.29, 1.82) is 0 Å². The fourth-order valence-corrected chi connectivity index (χ4v) is 5.73. The molecule has 6 nitrogen and oxygen atoms in total. The monoisotopic (exact) mass is 458 g/mol. The fraction of sp³-hybridized carbons (Fsp3) is 0.480. The molecule has 1 N–H and O–H groups in total. The van der Waals surface area contributed by atoms with Crippen LogP contribution >= 0.6 is 0 Å². The number of benzene rings is 2. The summed E-state index contributed by atoms with van der Waals surface area (Å²) in [5.74, 6) is 0.539. The number of hydrogen-bond donors (Lipinski definition) is 1. The highest BCUT2D eigenvalue weighted by Gasteiger charge is 2.31. The number of hydrogen-bond acceptors (Lipinski definition) is 4. The van der Waals surface area contributed by atoms with Crippen LogP contribution in [0.25, 0.3) is 0 Å². The first-order chi connectivity index (χ1) is 15.1. The zero-order valence-corrected chi connectivity index (χ0v) is 20.4. The molecule has 1 heterocycles. The van der Waals surface area contributed by atoms with Crippen LogP contribution in [0.15, 0.2) is 47.4 Å². The van der Waals surface area contributed by atoms with E-state index in [1.54, 1.807) is 12.1 Å². The first-order valence-electron chi connectivity index (χ1n) is 11.2. The molecule has 1 aliphatic heterocycles. The molecule has 0 radical (unpaired) electrons. The second kappa shape index (κ2) is 10.0. The van der Waals surface area contributed by atoms with Gasteiger partial charge in [-0.25, -0.2) is 8.42 Å². The van der Waals surface area contributed by atoms with E-state index in [1.165, 1.54) is 23.0 Å². The zero-order valence-electron chi connectivity index (χ0n) is 19.6. The van der Waals surface area contributed by atoms with Crippen molar-refractivity contribution in [3.8, 4) is 5.75 Å². The second-order valence-electron chi connectivity index (χ2n) is 8.99. The van der Waals surface area contributed by atoms with Gasteiger partial charge in [0.15, 0.2) is 0 Å². The number of sulfonamides is 1. The fourth-order valence-electron chi connectivity index (χ4n) is 4.03. The van der Waals surface area contributed by atoms with Crippen LogP contribution in [0.2, 0.25) is 0 Å². The van der Waals surface area contributed by atoms with Gasteiger partial charge in [-0.1, -0.05) is 52.0 Å². The lowest BCUT2D eigenvalue weighted by atomic mass is 9.93. The Labute approximate surface area is 192 Å². The summed E-state index contributed by atoms with van der Waals surface area (Å²) >= 11 is 0. The summed E-state index contributed by atoms with van der Waals surface area (Å²) in [4.78, 5) is 13.2. The summed E-state index contributed by atoms with van der Waals surface area (Å²) in [5, 5.41) is 3.10. The first-order valence-corrected chi connectivity index (χ1v) is 12.7. The zero-order chi connectivity index (χ0) is 23.5. The van der Waals surface area contributed by atoms with Crippen LogP contribution in [-0.4, -0.2) is 38.8 Å². The molecule has 0 spiro atoms. The van der Waals surface area contributed by atoms with Crippen LogP contribution in [-0.2, 0) is 10.0 Å². The molecule has 0 aromatic heterocycles. The van der Waals surface area contributed by atoms with Gasteiger partial charge in [0.25, 0.3) is 5.91 Å². The number of rotatable bonds is 8. The SMILES string of the molecule is COc1ccc(C(=O)NC(c2ccc(C(C)C)cc2)C(C)C)cc1S(=O)(=O)N1CCCC1.